The van der Waals surface area contributed by atoms with Crippen LogP contribution in [0.4, 0.5) is 0 Å². The molecule has 1 atom stereocenters. The number of thiazole rings is 1. The van der Waals surface area contributed by atoms with Crippen molar-refractivity contribution in [3.8, 4) is 0 Å². The van der Waals surface area contributed by atoms with E-state index < -0.39 is 0 Å². The minimum absolute atomic E-state index is 0.469. The van der Waals surface area contributed by atoms with Gasteiger partial charge in [0, 0.05) is 30.5 Å². The smallest absolute Gasteiger partial charge is 0.103 e. The van der Waals surface area contributed by atoms with Crippen LogP contribution < -0.4 is 5.32 Å². The predicted molar refractivity (Wildman–Crippen MR) is 65.7 cm³/mol. The second-order valence-electron chi connectivity index (χ2n) is 3.73. The van der Waals surface area contributed by atoms with E-state index in [-0.39, 0.29) is 0 Å². The van der Waals surface area contributed by atoms with Gasteiger partial charge in [-0.15, -0.1) is 11.3 Å². The van der Waals surface area contributed by atoms with Gasteiger partial charge in [0.25, 0.3) is 0 Å². The van der Waals surface area contributed by atoms with Crippen LogP contribution in [-0.4, -0.2) is 18.1 Å². The first-order valence-corrected chi connectivity index (χ1v) is 6.34. The Morgan fingerprint density at radius 3 is 3.12 bits per heavy atom. The molecule has 0 amide bonds. The van der Waals surface area contributed by atoms with E-state index in [1.54, 1.807) is 17.6 Å². The van der Waals surface area contributed by atoms with Crippen molar-refractivity contribution in [3.63, 3.8) is 0 Å². The van der Waals surface area contributed by atoms with Crippen LogP contribution in [0.1, 0.15) is 17.2 Å². The van der Waals surface area contributed by atoms with Crippen LogP contribution >= 0.6 is 11.3 Å². The van der Waals surface area contributed by atoms with Gasteiger partial charge < -0.3 is 9.73 Å². The zero-order valence-electron chi connectivity index (χ0n) is 9.35. The highest BCUT2D eigenvalue weighted by Gasteiger charge is 2.09. The molecule has 0 aliphatic carbocycles. The average Bonchev–Trinajstić information content (AvgIpc) is 2.97. The normalized spacial score (nSPS) is 12.8. The lowest BCUT2D eigenvalue weighted by atomic mass is 10.1. The lowest BCUT2D eigenvalue weighted by Crippen LogP contribution is -2.28. The van der Waals surface area contributed by atoms with Crippen molar-refractivity contribution in [1.29, 1.82) is 0 Å². The number of rotatable bonds is 6. The zero-order chi connectivity index (χ0) is 11.2. The van der Waals surface area contributed by atoms with E-state index in [9.17, 15) is 0 Å². The summed E-state index contributed by atoms with van der Waals surface area (Å²) in [7, 11) is 2.00. The molecule has 3 nitrogen and oxygen atoms in total. The highest BCUT2D eigenvalue weighted by atomic mass is 32.1. The van der Waals surface area contributed by atoms with Gasteiger partial charge in [-0.25, -0.2) is 4.98 Å². The van der Waals surface area contributed by atoms with E-state index in [0.29, 0.717) is 6.04 Å². The van der Waals surface area contributed by atoms with Gasteiger partial charge in [-0.05, 0) is 25.6 Å². The third-order valence-electron chi connectivity index (χ3n) is 2.63. The second kappa shape index (κ2) is 5.82. The molecule has 0 aliphatic rings. The lowest BCUT2D eigenvalue weighted by molar-refractivity contribution is 0.460. The first-order chi connectivity index (χ1) is 7.88. The van der Waals surface area contributed by atoms with E-state index in [1.807, 2.05) is 30.8 Å². The molecule has 1 unspecified atom stereocenters. The van der Waals surface area contributed by atoms with Gasteiger partial charge in [-0.3, -0.25) is 0 Å². The standard InChI is InChI=1S/C12H16N2OS/c1-13-10(9-12-14-6-8-16-12)4-5-11-3-2-7-15-11/h2-3,6-8,10,13H,4-5,9H2,1H3. The number of aromatic nitrogens is 1. The van der Waals surface area contributed by atoms with Crippen LogP contribution in [0.15, 0.2) is 34.4 Å². The number of likely N-dealkylation sites (N-methyl/N-ethyl adjacent to an activating group) is 1. The fraction of sp³-hybridized carbons (Fsp3) is 0.417. The largest absolute Gasteiger partial charge is 0.469 e. The third kappa shape index (κ3) is 3.18. The summed E-state index contributed by atoms with van der Waals surface area (Å²) < 4.78 is 5.32. The average molecular weight is 236 g/mol. The maximum Gasteiger partial charge on any atom is 0.103 e. The first-order valence-electron chi connectivity index (χ1n) is 5.46. The van der Waals surface area contributed by atoms with Crippen LogP contribution in [0, 0.1) is 0 Å². The molecule has 86 valence electrons. The molecule has 1 N–H and O–H groups in total. The van der Waals surface area contributed by atoms with Crippen molar-refractivity contribution < 1.29 is 4.42 Å². The summed E-state index contributed by atoms with van der Waals surface area (Å²) in [5.41, 5.74) is 0. The summed E-state index contributed by atoms with van der Waals surface area (Å²) in [6.45, 7) is 0. The van der Waals surface area contributed by atoms with E-state index in [4.69, 9.17) is 4.42 Å². The monoisotopic (exact) mass is 236 g/mol. The SMILES string of the molecule is CNC(CCc1ccco1)Cc1nccs1. The van der Waals surface area contributed by atoms with Gasteiger partial charge in [0.1, 0.15) is 5.76 Å². The molecular formula is C12H16N2OS. The molecule has 0 fully saturated rings. The van der Waals surface area contributed by atoms with Gasteiger partial charge in [0.05, 0.1) is 11.3 Å². The quantitative estimate of drug-likeness (QED) is 0.837. The fourth-order valence-corrected chi connectivity index (χ4v) is 2.38. The molecule has 0 aliphatic heterocycles. The lowest BCUT2D eigenvalue weighted by Gasteiger charge is -2.13. The summed E-state index contributed by atoms with van der Waals surface area (Å²) in [6, 6.07) is 4.43. The van der Waals surface area contributed by atoms with E-state index in [2.05, 4.69) is 10.3 Å². The summed E-state index contributed by atoms with van der Waals surface area (Å²) >= 11 is 1.72. The molecule has 0 radical (unpaired) electrons. The molecule has 0 spiro atoms. The van der Waals surface area contributed by atoms with Crippen molar-refractivity contribution in [2.45, 2.75) is 25.3 Å². The van der Waals surface area contributed by atoms with E-state index >= 15 is 0 Å². The highest BCUT2D eigenvalue weighted by Crippen LogP contribution is 2.12. The molecule has 2 aromatic rings. The molecule has 0 saturated heterocycles. The number of nitrogens with zero attached hydrogens (tertiary/aromatic N) is 1. The van der Waals surface area contributed by atoms with Crippen LogP contribution in [0.2, 0.25) is 0 Å². The Morgan fingerprint density at radius 2 is 2.50 bits per heavy atom. The summed E-state index contributed by atoms with van der Waals surface area (Å²) in [4.78, 5) is 4.30. The molecule has 2 rings (SSSR count). The predicted octanol–water partition coefficient (Wildman–Crippen LogP) is 2.50. The van der Waals surface area contributed by atoms with Gasteiger partial charge >= 0.3 is 0 Å². The summed E-state index contributed by atoms with van der Waals surface area (Å²) in [6.07, 6.45) is 6.63. The first kappa shape index (κ1) is 11.4. The maximum atomic E-state index is 5.32. The molecular weight excluding hydrogens is 220 g/mol. The molecule has 4 heteroatoms. The van der Waals surface area contributed by atoms with Crippen LogP contribution in [0.3, 0.4) is 0 Å². The number of hydrogen-bond acceptors (Lipinski definition) is 4. The maximum absolute atomic E-state index is 5.32. The molecule has 2 heterocycles. The summed E-state index contributed by atoms with van der Waals surface area (Å²) in [5.74, 6) is 1.05. The van der Waals surface area contributed by atoms with Crippen LogP contribution in [0.25, 0.3) is 0 Å². The molecule has 16 heavy (non-hydrogen) atoms. The minimum Gasteiger partial charge on any atom is -0.469 e. The Hall–Kier alpha value is -1.13. The Balaban J connectivity index is 1.81. The van der Waals surface area contributed by atoms with Gasteiger partial charge in [-0.2, -0.15) is 0 Å². The topological polar surface area (TPSA) is 38.1 Å². The molecule has 0 bridgehead atoms. The Labute approximate surface area is 99.5 Å². The fourth-order valence-electron chi connectivity index (χ4n) is 1.68. The second-order valence-corrected chi connectivity index (χ2v) is 4.71. The number of nitrogens with one attached hydrogen (secondary N) is 1. The van der Waals surface area contributed by atoms with Crippen LogP contribution in [0.5, 0.6) is 0 Å². The highest BCUT2D eigenvalue weighted by molar-refractivity contribution is 7.09. The Bertz CT molecular complexity index is 383. The van der Waals surface area contributed by atoms with Gasteiger partial charge in [0.2, 0.25) is 0 Å². The van der Waals surface area contributed by atoms with Crippen LogP contribution in [-0.2, 0) is 12.8 Å². The van der Waals surface area contributed by atoms with Gasteiger partial charge in [0.15, 0.2) is 0 Å². The van der Waals surface area contributed by atoms with Crippen molar-refractivity contribution in [2.24, 2.45) is 0 Å². The van der Waals surface area contributed by atoms with Crippen molar-refractivity contribution in [1.82, 2.24) is 10.3 Å². The molecule has 2 aromatic heterocycles. The van der Waals surface area contributed by atoms with Crippen molar-refractivity contribution in [2.75, 3.05) is 7.05 Å². The van der Waals surface area contributed by atoms with Crippen molar-refractivity contribution in [3.05, 3.63) is 40.7 Å². The Morgan fingerprint density at radius 1 is 1.56 bits per heavy atom. The number of hydrogen-bond donors (Lipinski definition) is 1. The molecule has 0 saturated carbocycles. The summed E-state index contributed by atoms with van der Waals surface area (Å²) in [5, 5.41) is 6.54. The third-order valence-corrected chi connectivity index (χ3v) is 3.43. The van der Waals surface area contributed by atoms with E-state index in [1.165, 1.54) is 5.01 Å². The Kier molecular flexibility index (Phi) is 4.13. The van der Waals surface area contributed by atoms with Crippen molar-refractivity contribution >= 4 is 11.3 Å². The minimum atomic E-state index is 0.469. The van der Waals surface area contributed by atoms with Gasteiger partial charge in [-0.1, -0.05) is 0 Å². The number of furan rings is 1. The van der Waals surface area contributed by atoms with E-state index in [0.717, 1.165) is 25.0 Å². The zero-order valence-corrected chi connectivity index (χ0v) is 10.2. The molecule has 0 aromatic carbocycles. The number of aryl methyl sites for hydroxylation is 1.